The molecular weight excluding hydrogens is 487 g/mol. The second-order valence-electron chi connectivity index (χ2n) is 7.36. The van der Waals surface area contributed by atoms with Crippen LogP contribution >= 0.6 is 22.6 Å². The van der Waals surface area contributed by atoms with Gasteiger partial charge in [0.05, 0.1) is 5.75 Å². The van der Waals surface area contributed by atoms with Crippen LogP contribution in [0.5, 0.6) is 0 Å². The van der Waals surface area contributed by atoms with E-state index < -0.39 is 10.0 Å². The van der Waals surface area contributed by atoms with E-state index in [1.54, 1.807) is 0 Å². The van der Waals surface area contributed by atoms with Gasteiger partial charge in [-0.2, -0.15) is 0 Å². The number of hydrogen-bond donors (Lipinski definition) is 1. The fourth-order valence-electron chi connectivity index (χ4n) is 3.38. The Morgan fingerprint density at radius 1 is 1.11 bits per heavy atom. The highest BCUT2D eigenvalue weighted by molar-refractivity contribution is 14.1. The largest absolute Gasteiger partial charge is 0.326 e. The average molecular weight is 512 g/mol. The minimum Gasteiger partial charge on any atom is -0.326 e. The molecule has 0 saturated carbocycles. The van der Waals surface area contributed by atoms with E-state index in [0.717, 1.165) is 25.9 Å². The van der Waals surface area contributed by atoms with Crippen molar-refractivity contribution in [2.45, 2.75) is 32.4 Å². The van der Waals surface area contributed by atoms with Crippen molar-refractivity contribution < 1.29 is 13.2 Å². The molecule has 1 saturated heterocycles. The number of carbonyl (C=O) groups excluding carboxylic acids is 1. The van der Waals surface area contributed by atoms with Crippen molar-refractivity contribution in [2.75, 3.05) is 18.4 Å². The van der Waals surface area contributed by atoms with Gasteiger partial charge in [-0.15, -0.1) is 0 Å². The summed E-state index contributed by atoms with van der Waals surface area (Å²) in [5.41, 5.74) is 3.74. The van der Waals surface area contributed by atoms with Gasteiger partial charge < -0.3 is 5.32 Å². The number of carbonyl (C=O) groups is 1. The fraction of sp³-hybridized carbons (Fsp3) is 0.381. The lowest BCUT2D eigenvalue weighted by Gasteiger charge is -2.30. The standard InChI is InChI=1S/C21H25IN2O3S/c1-15-3-5-17(6-4-15)14-28(26,27)24-11-9-18(10-12-24)21(25)23-20-8-7-19(22)13-16(20)2/h3-8,13,18H,9-12,14H2,1-2H3,(H,23,25). The van der Waals surface area contributed by atoms with Crippen LogP contribution in [-0.4, -0.2) is 31.7 Å². The summed E-state index contributed by atoms with van der Waals surface area (Å²) >= 11 is 2.24. The highest BCUT2D eigenvalue weighted by Crippen LogP contribution is 2.24. The first-order valence-corrected chi connectivity index (χ1v) is 12.0. The molecule has 1 aliphatic rings. The molecule has 28 heavy (non-hydrogen) atoms. The van der Waals surface area contributed by atoms with Gasteiger partial charge in [-0.3, -0.25) is 4.79 Å². The highest BCUT2D eigenvalue weighted by Gasteiger charge is 2.31. The molecule has 1 N–H and O–H groups in total. The van der Waals surface area contributed by atoms with Gasteiger partial charge in [0.2, 0.25) is 15.9 Å². The van der Waals surface area contributed by atoms with Gasteiger partial charge in [-0.25, -0.2) is 12.7 Å². The molecule has 0 atom stereocenters. The summed E-state index contributed by atoms with van der Waals surface area (Å²) in [7, 11) is -3.37. The van der Waals surface area contributed by atoms with Crippen LogP contribution in [0.1, 0.15) is 29.5 Å². The van der Waals surface area contributed by atoms with Gasteiger partial charge in [-0.05, 0) is 78.6 Å². The lowest BCUT2D eigenvalue weighted by Crippen LogP contribution is -2.41. The molecule has 0 bridgehead atoms. The molecule has 150 valence electrons. The maximum atomic E-state index is 12.7. The van der Waals surface area contributed by atoms with Crippen molar-refractivity contribution in [2.24, 2.45) is 5.92 Å². The molecule has 0 unspecified atom stereocenters. The lowest BCUT2D eigenvalue weighted by atomic mass is 9.97. The first-order valence-electron chi connectivity index (χ1n) is 9.35. The smallest absolute Gasteiger partial charge is 0.227 e. The minimum atomic E-state index is -3.37. The number of benzene rings is 2. The van der Waals surface area contributed by atoms with E-state index >= 15 is 0 Å². The summed E-state index contributed by atoms with van der Waals surface area (Å²) in [5, 5.41) is 3.00. The molecule has 0 spiro atoms. The summed E-state index contributed by atoms with van der Waals surface area (Å²) in [6.45, 7) is 4.72. The molecule has 0 aliphatic carbocycles. The molecule has 1 amide bonds. The summed E-state index contributed by atoms with van der Waals surface area (Å²) in [6.07, 6.45) is 1.09. The number of anilines is 1. The Hall–Kier alpha value is -1.45. The molecule has 1 heterocycles. The van der Waals surface area contributed by atoms with E-state index in [1.807, 2.05) is 56.3 Å². The highest BCUT2D eigenvalue weighted by atomic mass is 127. The Morgan fingerprint density at radius 2 is 1.75 bits per heavy atom. The van der Waals surface area contributed by atoms with E-state index in [-0.39, 0.29) is 17.6 Å². The third-order valence-corrected chi connectivity index (χ3v) is 7.66. The normalized spacial score (nSPS) is 16.1. The van der Waals surface area contributed by atoms with Crippen molar-refractivity contribution in [3.63, 3.8) is 0 Å². The number of nitrogens with one attached hydrogen (secondary N) is 1. The van der Waals surface area contributed by atoms with E-state index in [9.17, 15) is 13.2 Å². The molecule has 0 radical (unpaired) electrons. The van der Waals surface area contributed by atoms with Crippen LogP contribution in [0.15, 0.2) is 42.5 Å². The number of halogens is 1. The Morgan fingerprint density at radius 3 is 2.36 bits per heavy atom. The predicted octanol–water partition coefficient (Wildman–Crippen LogP) is 4.09. The Bertz CT molecular complexity index is 950. The van der Waals surface area contributed by atoms with Crippen LogP contribution in [0.2, 0.25) is 0 Å². The van der Waals surface area contributed by atoms with Crippen molar-refractivity contribution in [3.05, 3.63) is 62.7 Å². The zero-order chi connectivity index (χ0) is 20.3. The van der Waals surface area contributed by atoms with Crippen molar-refractivity contribution in [1.82, 2.24) is 4.31 Å². The Kier molecular flexibility index (Phi) is 6.77. The molecule has 0 aromatic heterocycles. The fourth-order valence-corrected chi connectivity index (χ4v) is 5.59. The van der Waals surface area contributed by atoms with E-state index in [1.165, 1.54) is 4.31 Å². The molecule has 7 heteroatoms. The monoisotopic (exact) mass is 512 g/mol. The number of piperidine rings is 1. The number of sulfonamides is 1. The van der Waals surface area contributed by atoms with Crippen LogP contribution in [-0.2, 0) is 20.6 Å². The second kappa shape index (κ2) is 8.92. The van der Waals surface area contributed by atoms with Gasteiger partial charge in [-0.1, -0.05) is 29.8 Å². The van der Waals surface area contributed by atoms with Gasteiger partial charge in [0.15, 0.2) is 0 Å². The van der Waals surface area contributed by atoms with Gasteiger partial charge in [0.25, 0.3) is 0 Å². The van der Waals surface area contributed by atoms with Crippen LogP contribution in [0, 0.1) is 23.3 Å². The van der Waals surface area contributed by atoms with Crippen LogP contribution in [0.25, 0.3) is 0 Å². The summed E-state index contributed by atoms with van der Waals surface area (Å²) in [6, 6.07) is 13.5. The molecular formula is C21H25IN2O3S. The minimum absolute atomic E-state index is 0.00594. The summed E-state index contributed by atoms with van der Waals surface area (Å²) < 4.78 is 28.1. The maximum Gasteiger partial charge on any atom is 0.227 e. The Labute approximate surface area is 180 Å². The molecule has 1 fully saturated rings. The Balaban J connectivity index is 1.57. The van der Waals surface area contributed by atoms with Crippen LogP contribution < -0.4 is 5.32 Å². The van der Waals surface area contributed by atoms with Gasteiger partial charge in [0.1, 0.15) is 0 Å². The number of hydrogen-bond acceptors (Lipinski definition) is 3. The molecule has 3 rings (SSSR count). The van der Waals surface area contributed by atoms with E-state index in [0.29, 0.717) is 25.9 Å². The van der Waals surface area contributed by atoms with Crippen molar-refractivity contribution in [3.8, 4) is 0 Å². The van der Waals surface area contributed by atoms with Crippen molar-refractivity contribution in [1.29, 1.82) is 0 Å². The zero-order valence-corrected chi connectivity index (χ0v) is 19.1. The summed E-state index contributed by atoms with van der Waals surface area (Å²) in [4.78, 5) is 12.6. The maximum absolute atomic E-state index is 12.7. The quantitative estimate of drug-likeness (QED) is 0.614. The topological polar surface area (TPSA) is 66.5 Å². The third kappa shape index (κ3) is 5.33. The van der Waals surface area contributed by atoms with Crippen LogP contribution in [0.4, 0.5) is 5.69 Å². The van der Waals surface area contributed by atoms with Gasteiger partial charge in [0, 0.05) is 28.3 Å². The molecule has 2 aromatic rings. The number of nitrogens with zero attached hydrogens (tertiary/aromatic N) is 1. The lowest BCUT2D eigenvalue weighted by molar-refractivity contribution is -0.120. The zero-order valence-electron chi connectivity index (χ0n) is 16.1. The van der Waals surface area contributed by atoms with Crippen molar-refractivity contribution >= 4 is 44.2 Å². The number of amides is 1. The third-order valence-electron chi connectivity index (χ3n) is 5.13. The average Bonchev–Trinajstić information content (AvgIpc) is 2.66. The first kappa shape index (κ1) is 21.3. The van der Waals surface area contributed by atoms with E-state index in [2.05, 4.69) is 27.9 Å². The SMILES string of the molecule is Cc1ccc(CS(=O)(=O)N2CCC(C(=O)Nc3ccc(I)cc3C)CC2)cc1. The molecule has 2 aromatic carbocycles. The predicted molar refractivity (Wildman–Crippen MR) is 121 cm³/mol. The van der Waals surface area contributed by atoms with Gasteiger partial charge >= 0.3 is 0 Å². The van der Waals surface area contributed by atoms with Crippen LogP contribution in [0.3, 0.4) is 0 Å². The summed E-state index contributed by atoms with van der Waals surface area (Å²) in [5.74, 6) is -0.184. The van der Waals surface area contributed by atoms with E-state index in [4.69, 9.17) is 0 Å². The number of aryl methyl sites for hydroxylation is 2. The molecule has 1 aliphatic heterocycles. The number of rotatable bonds is 5. The second-order valence-corrected chi connectivity index (χ2v) is 10.6. The molecule has 5 nitrogen and oxygen atoms in total. The first-order chi connectivity index (χ1) is 13.2.